The van der Waals surface area contributed by atoms with E-state index >= 15 is 0 Å². The summed E-state index contributed by atoms with van der Waals surface area (Å²) in [5.74, 6) is 0.115. The van der Waals surface area contributed by atoms with Crippen molar-refractivity contribution < 1.29 is 4.79 Å². The second-order valence-corrected chi connectivity index (χ2v) is 4.72. The highest BCUT2D eigenvalue weighted by Gasteiger charge is 2.35. The average Bonchev–Trinajstić information content (AvgIpc) is 2.79. The zero-order valence-corrected chi connectivity index (χ0v) is 10.2. The molecule has 2 heterocycles. The van der Waals surface area contributed by atoms with Crippen molar-refractivity contribution in [3.8, 4) is 0 Å². The highest BCUT2D eigenvalue weighted by Crippen LogP contribution is 2.18. The summed E-state index contributed by atoms with van der Waals surface area (Å²) in [6, 6.07) is 3.95. The van der Waals surface area contributed by atoms with Crippen LogP contribution in [0.15, 0.2) is 24.5 Å². The Hall–Kier alpha value is -1.42. The van der Waals surface area contributed by atoms with Gasteiger partial charge in [0.1, 0.15) is 0 Å². The van der Waals surface area contributed by atoms with Crippen LogP contribution >= 0.6 is 0 Å². The minimum absolute atomic E-state index is 0.115. The van der Waals surface area contributed by atoms with Crippen LogP contribution in [-0.2, 0) is 11.2 Å². The Kier molecular flexibility index (Phi) is 3.74. The van der Waals surface area contributed by atoms with Gasteiger partial charge in [-0.25, -0.2) is 0 Å². The van der Waals surface area contributed by atoms with Gasteiger partial charge in [-0.1, -0.05) is 0 Å². The molecule has 2 N–H and O–H groups in total. The first-order valence-electron chi connectivity index (χ1n) is 6.13. The molecule has 0 aromatic carbocycles. The van der Waals surface area contributed by atoms with Gasteiger partial charge in [-0.2, -0.15) is 0 Å². The molecule has 0 aliphatic carbocycles. The molecule has 1 aliphatic rings. The van der Waals surface area contributed by atoms with Crippen LogP contribution in [0.4, 0.5) is 0 Å². The highest BCUT2D eigenvalue weighted by atomic mass is 16.2. The number of nitrogens with zero attached hydrogens (tertiary/aromatic N) is 1. The molecule has 17 heavy (non-hydrogen) atoms. The van der Waals surface area contributed by atoms with E-state index in [1.54, 1.807) is 12.4 Å². The Balaban J connectivity index is 1.77. The molecule has 1 atom stereocenters. The predicted octanol–water partition coefficient (Wildman–Crippen LogP) is 0.882. The van der Waals surface area contributed by atoms with E-state index in [0.29, 0.717) is 6.54 Å². The number of nitrogens with one attached hydrogen (secondary N) is 2. The van der Waals surface area contributed by atoms with Gasteiger partial charge >= 0.3 is 0 Å². The molecule has 92 valence electrons. The number of hydrogen-bond acceptors (Lipinski definition) is 3. The minimum Gasteiger partial charge on any atom is -0.354 e. The number of aromatic nitrogens is 1. The van der Waals surface area contributed by atoms with Crippen LogP contribution in [0.3, 0.4) is 0 Å². The Labute approximate surface area is 102 Å². The van der Waals surface area contributed by atoms with Crippen LogP contribution < -0.4 is 10.6 Å². The number of carbonyl (C=O) groups excluding carboxylic acids is 1. The molecule has 0 radical (unpaired) electrons. The summed E-state index contributed by atoms with van der Waals surface area (Å²) < 4.78 is 0. The Morgan fingerprint density at radius 3 is 2.94 bits per heavy atom. The van der Waals surface area contributed by atoms with Crippen LogP contribution in [0.5, 0.6) is 0 Å². The summed E-state index contributed by atoms with van der Waals surface area (Å²) in [6.45, 7) is 3.59. The van der Waals surface area contributed by atoms with E-state index < -0.39 is 0 Å². The number of rotatable bonds is 4. The van der Waals surface area contributed by atoms with Gasteiger partial charge in [0.2, 0.25) is 5.91 Å². The van der Waals surface area contributed by atoms with Crippen molar-refractivity contribution in [3.63, 3.8) is 0 Å². The molecule has 1 unspecified atom stereocenters. The number of pyridine rings is 1. The fraction of sp³-hybridized carbons (Fsp3) is 0.538. The molecule has 1 aliphatic heterocycles. The molecule has 0 bridgehead atoms. The van der Waals surface area contributed by atoms with Gasteiger partial charge in [0, 0.05) is 18.9 Å². The van der Waals surface area contributed by atoms with E-state index in [0.717, 1.165) is 25.8 Å². The first kappa shape index (κ1) is 12.0. The molecule has 0 saturated carbocycles. The summed E-state index contributed by atoms with van der Waals surface area (Å²) in [4.78, 5) is 15.9. The van der Waals surface area contributed by atoms with Crippen LogP contribution in [0.1, 0.15) is 25.3 Å². The lowest BCUT2D eigenvalue weighted by Crippen LogP contribution is -2.51. The van der Waals surface area contributed by atoms with Crippen molar-refractivity contribution in [3.05, 3.63) is 30.1 Å². The molecule has 0 spiro atoms. The van der Waals surface area contributed by atoms with E-state index in [1.165, 1.54) is 5.56 Å². The van der Waals surface area contributed by atoms with Gasteiger partial charge in [-0.3, -0.25) is 9.78 Å². The molecule has 1 aromatic rings. The molecule has 1 fully saturated rings. The number of amides is 1. The Morgan fingerprint density at radius 1 is 1.53 bits per heavy atom. The van der Waals surface area contributed by atoms with Crippen molar-refractivity contribution >= 4 is 5.91 Å². The van der Waals surface area contributed by atoms with Gasteiger partial charge < -0.3 is 10.6 Å². The Bertz CT molecular complexity index is 372. The first-order chi connectivity index (χ1) is 8.21. The van der Waals surface area contributed by atoms with Gasteiger partial charge in [0.05, 0.1) is 5.54 Å². The monoisotopic (exact) mass is 233 g/mol. The largest absolute Gasteiger partial charge is 0.354 e. The normalized spacial score (nSPS) is 23.6. The highest BCUT2D eigenvalue weighted by molar-refractivity contribution is 5.86. The van der Waals surface area contributed by atoms with Gasteiger partial charge in [-0.05, 0) is 50.4 Å². The summed E-state index contributed by atoms with van der Waals surface area (Å²) in [7, 11) is 0. The predicted molar refractivity (Wildman–Crippen MR) is 66.6 cm³/mol. The summed E-state index contributed by atoms with van der Waals surface area (Å²) >= 11 is 0. The van der Waals surface area contributed by atoms with Crippen molar-refractivity contribution in [1.29, 1.82) is 0 Å². The summed E-state index contributed by atoms with van der Waals surface area (Å²) in [5, 5.41) is 6.25. The van der Waals surface area contributed by atoms with E-state index in [1.807, 2.05) is 19.1 Å². The van der Waals surface area contributed by atoms with Crippen LogP contribution in [-0.4, -0.2) is 29.5 Å². The topological polar surface area (TPSA) is 54.0 Å². The molecule has 2 rings (SSSR count). The van der Waals surface area contributed by atoms with E-state index in [2.05, 4.69) is 15.6 Å². The lowest BCUT2D eigenvalue weighted by molar-refractivity contribution is -0.126. The van der Waals surface area contributed by atoms with Crippen LogP contribution in [0, 0.1) is 0 Å². The maximum Gasteiger partial charge on any atom is 0.240 e. The second kappa shape index (κ2) is 5.27. The molecule has 1 aromatic heterocycles. The second-order valence-electron chi connectivity index (χ2n) is 4.72. The fourth-order valence-corrected chi connectivity index (χ4v) is 2.15. The van der Waals surface area contributed by atoms with E-state index in [4.69, 9.17) is 0 Å². The van der Waals surface area contributed by atoms with Gasteiger partial charge in [0.25, 0.3) is 0 Å². The van der Waals surface area contributed by atoms with E-state index in [9.17, 15) is 4.79 Å². The third-order valence-corrected chi connectivity index (χ3v) is 3.32. The quantitative estimate of drug-likeness (QED) is 0.812. The average molecular weight is 233 g/mol. The van der Waals surface area contributed by atoms with Crippen LogP contribution in [0.25, 0.3) is 0 Å². The maximum atomic E-state index is 12.0. The van der Waals surface area contributed by atoms with Gasteiger partial charge in [0.15, 0.2) is 0 Å². The zero-order chi connectivity index (χ0) is 12.1. The standard InChI is InChI=1S/C13H19N3O/c1-13(6-2-7-16-13)12(17)15-10-5-11-3-8-14-9-4-11/h3-4,8-9,16H,2,5-7,10H2,1H3,(H,15,17). The molecular formula is C13H19N3O. The van der Waals surface area contributed by atoms with Crippen molar-refractivity contribution in [1.82, 2.24) is 15.6 Å². The fourth-order valence-electron chi connectivity index (χ4n) is 2.15. The molecule has 4 nitrogen and oxygen atoms in total. The molecule has 4 heteroatoms. The van der Waals surface area contributed by atoms with Crippen molar-refractivity contribution in [2.45, 2.75) is 31.7 Å². The molecule has 1 saturated heterocycles. The Morgan fingerprint density at radius 2 is 2.29 bits per heavy atom. The van der Waals surface area contributed by atoms with E-state index in [-0.39, 0.29) is 11.4 Å². The third-order valence-electron chi connectivity index (χ3n) is 3.32. The SMILES string of the molecule is CC1(C(=O)NCCc2ccncc2)CCCN1. The van der Waals surface area contributed by atoms with Gasteiger partial charge in [-0.15, -0.1) is 0 Å². The van der Waals surface area contributed by atoms with Crippen molar-refractivity contribution in [2.75, 3.05) is 13.1 Å². The lowest BCUT2D eigenvalue weighted by Gasteiger charge is -2.22. The first-order valence-corrected chi connectivity index (χ1v) is 6.13. The molecule has 1 amide bonds. The zero-order valence-electron chi connectivity index (χ0n) is 10.2. The van der Waals surface area contributed by atoms with Crippen molar-refractivity contribution in [2.24, 2.45) is 0 Å². The molecular weight excluding hydrogens is 214 g/mol. The minimum atomic E-state index is -0.363. The van der Waals surface area contributed by atoms with Crippen LogP contribution in [0.2, 0.25) is 0 Å². The smallest absolute Gasteiger partial charge is 0.240 e. The lowest BCUT2D eigenvalue weighted by atomic mass is 9.99. The number of hydrogen-bond donors (Lipinski definition) is 2. The maximum absolute atomic E-state index is 12.0. The summed E-state index contributed by atoms with van der Waals surface area (Å²) in [5.41, 5.74) is 0.836. The third kappa shape index (κ3) is 3.03. The number of carbonyl (C=O) groups is 1. The summed E-state index contributed by atoms with van der Waals surface area (Å²) in [6.07, 6.45) is 6.40.